The number of hydrogen-bond acceptors (Lipinski definition) is 4. The number of anilines is 1. The smallest absolute Gasteiger partial charge is 0.308 e. The van der Waals surface area contributed by atoms with Crippen molar-refractivity contribution in [1.29, 1.82) is 0 Å². The van der Waals surface area contributed by atoms with Gasteiger partial charge < -0.3 is 5.11 Å². The predicted octanol–water partition coefficient (Wildman–Crippen LogP) is 3.69. The Labute approximate surface area is 142 Å². The topological polar surface area (TPSA) is 79.3 Å². The van der Waals surface area contributed by atoms with E-state index >= 15 is 0 Å². The molecule has 0 fully saturated rings. The van der Waals surface area contributed by atoms with Crippen LogP contribution in [0.15, 0.2) is 60.7 Å². The molecule has 5 nitrogen and oxygen atoms in total. The minimum Gasteiger partial charge on any atom is -0.481 e. The normalized spacial score (nSPS) is 10.3. The second kappa shape index (κ2) is 7.06. The summed E-state index contributed by atoms with van der Waals surface area (Å²) in [6, 6.07) is 18.1. The lowest BCUT2D eigenvalue weighted by Gasteiger charge is -2.00. The Hall–Kier alpha value is -2.99. The average molecular weight is 338 g/mol. The summed E-state index contributed by atoms with van der Waals surface area (Å²) in [5.41, 5.74) is 1.94. The van der Waals surface area contributed by atoms with Gasteiger partial charge in [0.15, 0.2) is 5.13 Å². The lowest BCUT2D eigenvalue weighted by molar-refractivity contribution is -0.136. The van der Waals surface area contributed by atoms with Crippen LogP contribution in [0.4, 0.5) is 5.13 Å². The minimum absolute atomic E-state index is 0.136. The van der Waals surface area contributed by atoms with Crippen molar-refractivity contribution < 1.29 is 14.7 Å². The van der Waals surface area contributed by atoms with Crippen LogP contribution in [0.25, 0.3) is 11.3 Å². The van der Waals surface area contributed by atoms with Gasteiger partial charge in [-0.3, -0.25) is 14.9 Å². The maximum absolute atomic E-state index is 12.2. The van der Waals surface area contributed by atoms with Gasteiger partial charge >= 0.3 is 5.97 Å². The predicted molar refractivity (Wildman–Crippen MR) is 93.3 cm³/mol. The molecule has 24 heavy (non-hydrogen) atoms. The van der Waals surface area contributed by atoms with E-state index in [-0.39, 0.29) is 12.3 Å². The molecule has 3 rings (SSSR count). The Bertz CT molecular complexity index is 860. The number of hydrogen-bond donors (Lipinski definition) is 2. The standard InChI is InChI=1S/C18H14N2O3S/c21-15(22)11-14-16(12-7-3-1-4-8-12)19-18(24-14)20-17(23)13-9-5-2-6-10-13/h1-10H,11H2,(H,21,22)(H,19,20,23). The number of aromatic nitrogens is 1. The molecule has 0 aliphatic rings. The molecule has 0 unspecified atom stereocenters. The molecule has 2 N–H and O–H groups in total. The molecule has 0 spiro atoms. The lowest BCUT2D eigenvalue weighted by atomic mass is 10.1. The number of thiazole rings is 1. The van der Waals surface area contributed by atoms with Crippen LogP contribution in [0.5, 0.6) is 0 Å². The van der Waals surface area contributed by atoms with Crippen LogP contribution >= 0.6 is 11.3 Å². The molecule has 2 aromatic carbocycles. The Kier molecular flexibility index (Phi) is 4.67. The summed E-state index contributed by atoms with van der Waals surface area (Å²) in [7, 11) is 0. The number of aliphatic carboxylic acids is 1. The first-order valence-electron chi connectivity index (χ1n) is 7.27. The summed E-state index contributed by atoms with van der Waals surface area (Å²) in [5, 5.41) is 12.2. The van der Waals surface area contributed by atoms with Gasteiger partial charge in [-0.2, -0.15) is 0 Å². The second-order valence-electron chi connectivity index (χ2n) is 5.05. The van der Waals surface area contributed by atoms with E-state index in [2.05, 4.69) is 10.3 Å². The highest BCUT2D eigenvalue weighted by Gasteiger charge is 2.17. The number of amides is 1. The van der Waals surface area contributed by atoms with Gasteiger partial charge in [0.2, 0.25) is 0 Å². The van der Waals surface area contributed by atoms with Crippen LogP contribution in [-0.2, 0) is 11.2 Å². The summed E-state index contributed by atoms with van der Waals surface area (Å²) in [5.74, 6) is -1.21. The third kappa shape index (κ3) is 3.67. The van der Waals surface area contributed by atoms with Crippen LogP contribution < -0.4 is 5.32 Å². The van der Waals surface area contributed by atoms with Crippen LogP contribution in [0.2, 0.25) is 0 Å². The number of carbonyl (C=O) groups excluding carboxylic acids is 1. The molecular weight excluding hydrogens is 324 g/mol. The van der Waals surface area contributed by atoms with Gasteiger partial charge in [-0.15, -0.1) is 11.3 Å². The Balaban J connectivity index is 1.91. The third-order valence-corrected chi connectivity index (χ3v) is 4.28. The van der Waals surface area contributed by atoms with Crippen molar-refractivity contribution in [1.82, 2.24) is 4.98 Å². The maximum atomic E-state index is 12.2. The highest BCUT2D eigenvalue weighted by molar-refractivity contribution is 7.16. The molecule has 0 saturated heterocycles. The van der Waals surface area contributed by atoms with Crippen LogP contribution in [0, 0.1) is 0 Å². The molecule has 6 heteroatoms. The van der Waals surface area contributed by atoms with Gasteiger partial charge in [0.05, 0.1) is 12.1 Å². The SMILES string of the molecule is O=C(O)Cc1sc(NC(=O)c2ccccc2)nc1-c1ccccc1. The van der Waals surface area contributed by atoms with Crippen LogP contribution in [0.3, 0.4) is 0 Å². The minimum atomic E-state index is -0.934. The molecule has 0 aliphatic carbocycles. The zero-order valence-corrected chi connectivity index (χ0v) is 13.4. The van der Waals surface area contributed by atoms with E-state index in [0.717, 1.165) is 5.56 Å². The molecular formula is C18H14N2O3S. The fourth-order valence-electron chi connectivity index (χ4n) is 2.24. The number of nitrogens with zero attached hydrogens (tertiary/aromatic N) is 1. The van der Waals surface area contributed by atoms with E-state index < -0.39 is 5.97 Å². The van der Waals surface area contributed by atoms with Crippen molar-refractivity contribution in [2.24, 2.45) is 0 Å². The zero-order chi connectivity index (χ0) is 16.9. The number of nitrogens with one attached hydrogen (secondary N) is 1. The number of carboxylic acid groups (broad SMARTS) is 1. The van der Waals surface area contributed by atoms with E-state index in [0.29, 0.717) is 21.3 Å². The highest BCUT2D eigenvalue weighted by Crippen LogP contribution is 2.31. The molecule has 1 heterocycles. The summed E-state index contributed by atoms with van der Waals surface area (Å²) in [4.78, 5) is 28.4. The van der Waals surface area contributed by atoms with Gasteiger partial charge in [0.1, 0.15) is 0 Å². The lowest BCUT2D eigenvalue weighted by Crippen LogP contribution is -2.11. The van der Waals surface area contributed by atoms with E-state index in [1.807, 2.05) is 36.4 Å². The van der Waals surface area contributed by atoms with Crippen molar-refractivity contribution in [2.45, 2.75) is 6.42 Å². The number of carbonyl (C=O) groups is 2. The monoisotopic (exact) mass is 338 g/mol. The first kappa shape index (κ1) is 15.9. The Morgan fingerprint density at radius 3 is 2.25 bits per heavy atom. The number of carboxylic acids is 1. The average Bonchev–Trinajstić information content (AvgIpc) is 2.98. The first-order valence-corrected chi connectivity index (χ1v) is 8.08. The van der Waals surface area contributed by atoms with Gasteiger partial charge in [0, 0.05) is 16.0 Å². The summed E-state index contributed by atoms with van der Waals surface area (Å²) in [6.07, 6.45) is -0.136. The van der Waals surface area contributed by atoms with Crippen LogP contribution in [-0.4, -0.2) is 22.0 Å². The largest absolute Gasteiger partial charge is 0.481 e. The molecule has 0 radical (unpaired) electrons. The fraction of sp³-hybridized carbons (Fsp3) is 0.0556. The van der Waals surface area contributed by atoms with Crippen molar-refractivity contribution in [2.75, 3.05) is 5.32 Å². The third-order valence-electron chi connectivity index (χ3n) is 3.31. The molecule has 1 amide bonds. The fourth-order valence-corrected chi connectivity index (χ4v) is 3.21. The van der Waals surface area contributed by atoms with Gasteiger partial charge in [-0.1, -0.05) is 48.5 Å². The van der Waals surface area contributed by atoms with Crippen molar-refractivity contribution >= 4 is 28.3 Å². The molecule has 3 aromatic rings. The van der Waals surface area contributed by atoms with E-state index in [1.54, 1.807) is 24.3 Å². The molecule has 0 bridgehead atoms. The quantitative estimate of drug-likeness (QED) is 0.743. The summed E-state index contributed by atoms with van der Waals surface area (Å²) < 4.78 is 0. The van der Waals surface area contributed by atoms with Gasteiger partial charge in [-0.05, 0) is 12.1 Å². The second-order valence-corrected chi connectivity index (χ2v) is 6.13. The van der Waals surface area contributed by atoms with Crippen LogP contribution in [0.1, 0.15) is 15.2 Å². The van der Waals surface area contributed by atoms with Crippen molar-refractivity contribution in [3.63, 3.8) is 0 Å². The first-order chi connectivity index (χ1) is 11.6. The van der Waals surface area contributed by atoms with E-state index in [1.165, 1.54) is 11.3 Å². The molecule has 120 valence electrons. The Morgan fingerprint density at radius 1 is 1.00 bits per heavy atom. The number of rotatable bonds is 5. The summed E-state index contributed by atoms with van der Waals surface area (Å²) >= 11 is 1.18. The highest BCUT2D eigenvalue weighted by atomic mass is 32.1. The maximum Gasteiger partial charge on any atom is 0.308 e. The van der Waals surface area contributed by atoms with Gasteiger partial charge in [0.25, 0.3) is 5.91 Å². The summed E-state index contributed by atoms with van der Waals surface area (Å²) in [6.45, 7) is 0. The van der Waals surface area contributed by atoms with E-state index in [9.17, 15) is 9.59 Å². The van der Waals surface area contributed by atoms with E-state index in [4.69, 9.17) is 5.11 Å². The van der Waals surface area contributed by atoms with Crippen molar-refractivity contribution in [3.05, 3.63) is 71.1 Å². The Morgan fingerprint density at radius 2 is 1.62 bits per heavy atom. The number of benzene rings is 2. The van der Waals surface area contributed by atoms with Crippen molar-refractivity contribution in [3.8, 4) is 11.3 Å². The van der Waals surface area contributed by atoms with Gasteiger partial charge in [-0.25, -0.2) is 4.98 Å². The molecule has 1 aromatic heterocycles. The molecule has 0 saturated carbocycles. The molecule has 0 aliphatic heterocycles. The molecule has 0 atom stereocenters. The zero-order valence-electron chi connectivity index (χ0n) is 12.6.